The maximum atomic E-state index is 13.8. The van der Waals surface area contributed by atoms with Gasteiger partial charge in [0.05, 0.1) is 5.56 Å². The number of nitriles is 1. The highest BCUT2D eigenvalue weighted by Gasteiger charge is 2.30. The van der Waals surface area contributed by atoms with Crippen molar-refractivity contribution in [3.05, 3.63) is 75.2 Å². The molecule has 0 aliphatic carbocycles. The van der Waals surface area contributed by atoms with Crippen LogP contribution in [0.1, 0.15) is 20.8 Å². The molecule has 0 radical (unpaired) electrons. The molecule has 0 bridgehead atoms. The summed E-state index contributed by atoms with van der Waals surface area (Å²) in [6, 6.07) is 6.91. The highest BCUT2D eigenvalue weighted by molar-refractivity contribution is 7.17. The van der Waals surface area contributed by atoms with Crippen LogP contribution in [0.2, 0.25) is 0 Å². The minimum Gasteiger partial charge on any atom is -0.312 e. The van der Waals surface area contributed by atoms with Crippen LogP contribution in [0.15, 0.2) is 24.3 Å². The van der Waals surface area contributed by atoms with Crippen molar-refractivity contribution in [1.82, 2.24) is 0 Å². The van der Waals surface area contributed by atoms with Crippen LogP contribution in [0.5, 0.6) is 0 Å². The molecule has 1 amide bonds. The average Bonchev–Trinajstić information content (AvgIpc) is 3.00. The summed E-state index contributed by atoms with van der Waals surface area (Å²) in [5, 5.41) is 11.3. The molecule has 0 atom stereocenters. The molecule has 1 N–H and O–H groups in total. The van der Waals surface area contributed by atoms with Crippen LogP contribution in [-0.2, 0) is 0 Å². The van der Waals surface area contributed by atoms with Crippen molar-refractivity contribution in [3.63, 3.8) is 0 Å². The van der Waals surface area contributed by atoms with Gasteiger partial charge in [-0.15, -0.1) is 11.3 Å². The summed E-state index contributed by atoms with van der Waals surface area (Å²) in [6.45, 7) is 1.58. The van der Waals surface area contributed by atoms with Crippen molar-refractivity contribution >= 4 is 22.2 Å². The van der Waals surface area contributed by atoms with Crippen molar-refractivity contribution in [1.29, 1.82) is 5.26 Å². The molecule has 1 aromatic heterocycles. The predicted molar refractivity (Wildman–Crippen MR) is 93.4 cm³/mol. The molecule has 29 heavy (non-hydrogen) atoms. The van der Waals surface area contributed by atoms with Gasteiger partial charge in [-0.25, -0.2) is 26.3 Å². The summed E-state index contributed by atoms with van der Waals surface area (Å²) in [5.41, 5.74) is -0.991. The smallest absolute Gasteiger partial charge is 0.262 e. The van der Waals surface area contributed by atoms with Gasteiger partial charge in [-0.3, -0.25) is 4.79 Å². The lowest BCUT2D eigenvalue weighted by Gasteiger charge is -2.08. The lowest BCUT2D eigenvalue weighted by atomic mass is 10.0. The second kappa shape index (κ2) is 7.60. The lowest BCUT2D eigenvalue weighted by Crippen LogP contribution is -2.19. The number of anilines is 1. The molecular formula is C19H8F6N2OS. The van der Waals surface area contributed by atoms with Crippen molar-refractivity contribution in [2.45, 2.75) is 6.92 Å². The largest absolute Gasteiger partial charge is 0.312 e. The molecule has 0 fully saturated rings. The van der Waals surface area contributed by atoms with Crippen LogP contribution in [0, 0.1) is 53.2 Å². The second-order valence-corrected chi connectivity index (χ2v) is 6.98. The maximum Gasteiger partial charge on any atom is 0.262 e. The first-order valence-electron chi connectivity index (χ1n) is 7.79. The second-order valence-electron chi connectivity index (χ2n) is 5.76. The van der Waals surface area contributed by atoms with Gasteiger partial charge in [0.2, 0.25) is 5.82 Å². The van der Waals surface area contributed by atoms with E-state index in [9.17, 15) is 36.4 Å². The van der Waals surface area contributed by atoms with Gasteiger partial charge in [-0.05, 0) is 24.6 Å². The Labute approximate surface area is 163 Å². The van der Waals surface area contributed by atoms with E-state index in [-0.39, 0.29) is 10.6 Å². The summed E-state index contributed by atoms with van der Waals surface area (Å²) in [5.74, 6) is -13.6. The molecule has 10 heteroatoms. The topological polar surface area (TPSA) is 52.9 Å². The molecule has 0 aliphatic heterocycles. The molecule has 0 saturated carbocycles. The van der Waals surface area contributed by atoms with E-state index in [4.69, 9.17) is 0 Å². The van der Waals surface area contributed by atoms with Gasteiger partial charge in [-0.2, -0.15) is 5.26 Å². The average molecular weight is 426 g/mol. The van der Waals surface area contributed by atoms with Crippen LogP contribution >= 0.6 is 11.3 Å². The molecular weight excluding hydrogens is 418 g/mol. The third-order valence-electron chi connectivity index (χ3n) is 3.99. The molecule has 3 aromatic rings. The fourth-order valence-electron chi connectivity index (χ4n) is 2.67. The quantitative estimate of drug-likeness (QED) is 0.333. The highest BCUT2D eigenvalue weighted by Crippen LogP contribution is 2.39. The van der Waals surface area contributed by atoms with Gasteiger partial charge in [0, 0.05) is 10.4 Å². The Morgan fingerprint density at radius 1 is 0.931 bits per heavy atom. The van der Waals surface area contributed by atoms with Gasteiger partial charge in [0.25, 0.3) is 5.91 Å². The first-order valence-corrected chi connectivity index (χ1v) is 8.61. The lowest BCUT2D eigenvalue weighted by molar-refractivity contribution is 0.101. The molecule has 0 aliphatic rings. The number of carbonyl (C=O) groups excluding carboxylic acids is 1. The molecule has 0 unspecified atom stereocenters. The number of benzene rings is 2. The number of hydrogen-bond acceptors (Lipinski definition) is 3. The summed E-state index contributed by atoms with van der Waals surface area (Å²) in [4.78, 5) is 12.7. The molecule has 3 rings (SSSR count). The number of nitrogens with zero attached hydrogens (tertiary/aromatic N) is 1. The summed E-state index contributed by atoms with van der Waals surface area (Å²) in [7, 11) is 0. The monoisotopic (exact) mass is 426 g/mol. The van der Waals surface area contributed by atoms with E-state index in [0.29, 0.717) is 16.0 Å². The third-order valence-corrected chi connectivity index (χ3v) is 5.01. The van der Waals surface area contributed by atoms with Gasteiger partial charge in [0.1, 0.15) is 22.5 Å². The minimum atomic E-state index is -2.39. The van der Waals surface area contributed by atoms with E-state index < -0.39 is 46.4 Å². The predicted octanol–water partition coefficient (Wildman–Crippen LogP) is 5.68. The Kier molecular flexibility index (Phi) is 5.35. The number of amides is 1. The van der Waals surface area contributed by atoms with E-state index >= 15 is 0 Å². The number of halogens is 6. The Hall–Kier alpha value is -3.32. The zero-order valence-electron chi connectivity index (χ0n) is 14.3. The summed E-state index contributed by atoms with van der Waals surface area (Å²) < 4.78 is 80.7. The molecule has 1 heterocycles. The van der Waals surface area contributed by atoms with E-state index in [1.807, 2.05) is 11.4 Å². The Balaban J connectivity index is 2.07. The zero-order valence-corrected chi connectivity index (χ0v) is 15.2. The van der Waals surface area contributed by atoms with Crippen LogP contribution < -0.4 is 5.32 Å². The number of rotatable bonds is 3. The van der Waals surface area contributed by atoms with Crippen LogP contribution in [0.3, 0.4) is 0 Å². The standard InChI is InChI=1S/C19H8F6N2OS/c1-7-11(8-2-4-9(20)5-3-8)10(6-26)19(29-7)27-18(28)12-13(21)15(23)17(25)16(24)14(12)22/h2-5H,1H3,(H,27,28). The Bertz CT molecular complexity index is 1150. The first kappa shape index (κ1) is 20.4. The molecule has 148 valence electrons. The Morgan fingerprint density at radius 2 is 1.45 bits per heavy atom. The fourth-order valence-corrected chi connectivity index (χ4v) is 3.70. The van der Waals surface area contributed by atoms with Gasteiger partial charge in [-0.1, -0.05) is 12.1 Å². The highest BCUT2D eigenvalue weighted by atomic mass is 32.1. The maximum absolute atomic E-state index is 13.8. The number of aryl methyl sites for hydroxylation is 1. The van der Waals surface area contributed by atoms with Crippen LogP contribution in [0.4, 0.5) is 31.3 Å². The van der Waals surface area contributed by atoms with Gasteiger partial charge < -0.3 is 5.32 Å². The van der Waals surface area contributed by atoms with Crippen molar-refractivity contribution < 1.29 is 31.1 Å². The van der Waals surface area contributed by atoms with E-state index in [1.54, 1.807) is 6.92 Å². The van der Waals surface area contributed by atoms with Crippen molar-refractivity contribution in [2.24, 2.45) is 0 Å². The fraction of sp³-hybridized carbons (Fsp3) is 0.0526. The zero-order chi connectivity index (χ0) is 21.5. The van der Waals surface area contributed by atoms with Crippen LogP contribution in [0.25, 0.3) is 11.1 Å². The van der Waals surface area contributed by atoms with Gasteiger partial charge >= 0.3 is 0 Å². The number of nitrogens with one attached hydrogen (secondary N) is 1. The molecule has 3 nitrogen and oxygen atoms in total. The van der Waals surface area contributed by atoms with Crippen molar-refractivity contribution in [3.8, 4) is 17.2 Å². The van der Waals surface area contributed by atoms with Crippen molar-refractivity contribution in [2.75, 3.05) is 5.32 Å². The first-order chi connectivity index (χ1) is 13.7. The summed E-state index contributed by atoms with van der Waals surface area (Å²) in [6.07, 6.45) is 0. The minimum absolute atomic E-state index is 0.101. The SMILES string of the molecule is Cc1sc(NC(=O)c2c(F)c(F)c(F)c(F)c2F)c(C#N)c1-c1ccc(F)cc1. The molecule has 0 spiro atoms. The molecule has 0 saturated heterocycles. The summed E-state index contributed by atoms with van der Waals surface area (Å²) >= 11 is 0.856. The number of carbonyl (C=O) groups is 1. The van der Waals surface area contributed by atoms with E-state index in [1.165, 1.54) is 12.1 Å². The van der Waals surface area contributed by atoms with Crippen LogP contribution in [-0.4, -0.2) is 5.91 Å². The van der Waals surface area contributed by atoms with Gasteiger partial charge in [0.15, 0.2) is 23.3 Å². The normalized spacial score (nSPS) is 10.7. The number of thiophene rings is 1. The number of hydrogen-bond donors (Lipinski definition) is 1. The third kappa shape index (κ3) is 3.45. The Morgan fingerprint density at radius 3 is 1.97 bits per heavy atom. The molecule has 2 aromatic carbocycles. The van der Waals surface area contributed by atoms with E-state index in [2.05, 4.69) is 0 Å². The van der Waals surface area contributed by atoms with E-state index in [0.717, 1.165) is 23.5 Å².